The number of hydrogen-bond acceptors (Lipinski definition) is 2. The van der Waals surface area contributed by atoms with E-state index in [-0.39, 0.29) is 12.5 Å². The summed E-state index contributed by atoms with van der Waals surface area (Å²) < 4.78 is 0. The van der Waals surface area contributed by atoms with Gasteiger partial charge in [0, 0.05) is 18.1 Å². The van der Waals surface area contributed by atoms with E-state index >= 15 is 0 Å². The van der Waals surface area contributed by atoms with Crippen molar-refractivity contribution in [3.8, 4) is 0 Å². The quantitative estimate of drug-likeness (QED) is 0.898. The molecule has 0 aliphatic carbocycles. The second kappa shape index (κ2) is 6.84. The number of carbonyl (C=O) groups is 1. The number of nitrogens with zero attached hydrogens (tertiary/aromatic N) is 1. The minimum atomic E-state index is -0.178. The first-order valence-corrected chi connectivity index (χ1v) is 6.21. The lowest BCUT2D eigenvalue weighted by molar-refractivity contribution is 0.0722. The minimum Gasteiger partial charge on any atom is -0.395 e. The molecule has 0 heterocycles. The van der Waals surface area contributed by atoms with E-state index in [2.05, 4.69) is 0 Å². The summed E-state index contributed by atoms with van der Waals surface area (Å²) in [4.78, 5) is 13.7. The first kappa shape index (κ1) is 14.3. The predicted molar refractivity (Wildman–Crippen MR) is 69.7 cm³/mol. The van der Waals surface area contributed by atoms with Crippen LogP contribution in [0.2, 0.25) is 10.0 Å². The summed E-state index contributed by atoms with van der Waals surface area (Å²) in [5, 5.41) is 9.76. The van der Waals surface area contributed by atoms with Gasteiger partial charge >= 0.3 is 0 Å². The van der Waals surface area contributed by atoms with Crippen LogP contribution in [-0.4, -0.2) is 35.6 Å². The van der Waals surface area contributed by atoms with E-state index in [0.717, 1.165) is 6.42 Å². The first-order chi connectivity index (χ1) is 8.10. The highest BCUT2D eigenvalue weighted by molar-refractivity contribution is 6.36. The van der Waals surface area contributed by atoms with E-state index in [1.807, 2.05) is 6.92 Å². The molecule has 5 heteroatoms. The minimum absolute atomic E-state index is 0.0586. The van der Waals surface area contributed by atoms with E-state index in [0.29, 0.717) is 28.7 Å². The van der Waals surface area contributed by atoms with Crippen molar-refractivity contribution >= 4 is 29.1 Å². The molecular formula is C12H15Cl2NO2. The highest BCUT2D eigenvalue weighted by Gasteiger charge is 2.17. The summed E-state index contributed by atoms with van der Waals surface area (Å²) in [7, 11) is 0. The normalized spacial score (nSPS) is 10.4. The second-order valence-electron chi connectivity index (χ2n) is 3.64. The van der Waals surface area contributed by atoms with E-state index in [4.69, 9.17) is 28.3 Å². The third-order valence-electron chi connectivity index (χ3n) is 2.31. The largest absolute Gasteiger partial charge is 0.395 e. The second-order valence-corrected chi connectivity index (χ2v) is 4.48. The molecule has 3 nitrogen and oxygen atoms in total. The van der Waals surface area contributed by atoms with Crippen molar-refractivity contribution in [3.05, 3.63) is 33.8 Å². The Morgan fingerprint density at radius 3 is 2.59 bits per heavy atom. The summed E-state index contributed by atoms with van der Waals surface area (Å²) >= 11 is 11.7. The molecule has 0 aliphatic rings. The summed E-state index contributed by atoms with van der Waals surface area (Å²) in [6, 6.07) is 4.77. The average Bonchev–Trinajstić information content (AvgIpc) is 2.28. The number of aliphatic hydroxyl groups excluding tert-OH is 1. The molecule has 1 rings (SSSR count). The van der Waals surface area contributed by atoms with E-state index in [1.54, 1.807) is 23.1 Å². The van der Waals surface area contributed by atoms with Crippen LogP contribution in [0.3, 0.4) is 0 Å². The Hall–Kier alpha value is -0.770. The zero-order valence-electron chi connectivity index (χ0n) is 9.62. The topological polar surface area (TPSA) is 40.5 Å². The smallest absolute Gasteiger partial charge is 0.255 e. The van der Waals surface area contributed by atoms with Crippen LogP contribution in [0.15, 0.2) is 18.2 Å². The van der Waals surface area contributed by atoms with Crippen LogP contribution in [0.4, 0.5) is 0 Å². The molecule has 0 spiro atoms. The van der Waals surface area contributed by atoms with Gasteiger partial charge in [-0.05, 0) is 24.6 Å². The lowest BCUT2D eigenvalue weighted by Gasteiger charge is -2.21. The van der Waals surface area contributed by atoms with Gasteiger partial charge in [-0.15, -0.1) is 0 Å². The molecule has 0 fully saturated rings. The van der Waals surface area contributed by atoms with E-state index < -0.39 is 0 Å². The molecule has 0 aliphatic heterocycles. The van der Waals surface area contributed by atoms with Gasteiger partial charge in [-0.2, -0.15) is 0 Å². The average molecular weight is 276 g/mol. The molecule has 17 heavy (non-hydrogen) atoms. The number of aliphatic hydroxyl groups is 1. The molecule has 0 saturated heterocycles. The van der Waals surface area contributed by atoms with Crippen LogP contribution in [0.25, 0.3) is 0 Å². The Labute approximate surface area is 111 Å². The van der Waals surface area contributed by atoms with E-state index in [1.165, 1.54) is 0 Å². The fraction of sp³-hybridized carbons (Fsp3) is 0.417. The van der Waals surface area contributed by atoms with Gasteiger partial charge in [-0.1, -0.05) is 30.1 Å². The van der Waals surface area contributed by atoms with Crippen molar-refractivity contribution < 1.29 is 9.90 Å². The van der Waals surface area contributed by atoms with Crippen LogP contribution in [-0.2, 0) is 0 Å². The third-order valence-corrected chi connectivity index (χ3v) is 2.86. The monoisotopic (exact) mass is 275 g/mol. The number of benzene rings is 1. The van der Waals surface area contributed by atoms with Gasteiger partial charge in [0.15, 0.2) is 0 Å². The highest BCUT2D eigenvalue weighted by Crippen LogP contribution is 2.22. The molecule has 0 saturated carbocycles. The third kappa shape index (κ3) is 3.87. The molecule has 1 aromatic carbocycles. The molecule has 94 valence electrons. The van der Waals surface area contributed by atoms with Crippen molar-refractivity contribution in [1.29, 1.82) is 0 Å². The fourth-order valence-electron chi connectivity index (χ4n) is 1.54. The number of carbonyl (C=O) groups excluding carboxylic acids is 1. The molecule has 0 aromatic heterocycles. The zero-order chi connectivity index (χ0) is 12.8. The van der Waals surface area contributed by atoms with Gasteiger partial charge in [-0.3, -0.25) is 4.79 Å². The highest BCUT2D eigenvalue weighted by atomic mass is 35.5. The van der Waals surface area contributed by atoms with Gasteiger partial charge in [0.25, 0.3) is 5.91 Å². The number of hydrogen-bond donors (Lipinski definition) is 1. The van der Waals surface area contributed by atoms with Gasteiger partial charge in [0.1, 0.15) is 0 Å². The number of amides is 1. The van der Waals surface area contributed by atoms with Crippen molar-refractivity contribution in [3.63, 3.8) is 0 Å². The fourth-order valence-corrected chi connectivity index (χ4v) is 2.03. The van der Waals surface area contributed by atoms with Gasteiger partial charge in [0.2, 0.25) is 0 Å². The Bertz CT molecular complexity index is 390. The molecule has 1 N–H and O–H groups in total. The summed E-state index contributed by atoms with van der Waals surface area (Å²) in [6.07, 6.45) is 0.830. The van der Waals surface area contributed by atoms with Gasteiger partial charge in [0.05, 0.1) is 17.2 Å². The molecule has 0 unspecified atom stereocenters. The van der Waals surface area contributed by atoms with Crippen molar-refractivity contribution in [2.75, 3.05) is 19.7 Å². The summed E-state index contributed by atoms with van der Waals surface area (Å²) in [6.45, 7) is 2.82. The Kier molecular flexibility index (Phi) is 5.75. The molecule has 0 atom stereocenters. The van der Waals surface area contributed by atoms with Gasteiger partial charge < -0.3 is 10.0 Å². The standard InChI is InChI=1S/C12H15Cl2NO2/c1-2-5-15(6-7-16)12(17)10-4-3-9(13)8-11(10)14/h3-4,8,16H,2,5-7H2,1H3. The Morgan fingerprint density at radius 2 is 2.06 bits per heavy atom. The van der Waals surface area contributed by atoms with Crippen LogP contribution in [0.5, 0.6) is 0 Å². The van der Waals surface area contributed by atoms with Crippen molar-refractivity contribution in [2.45, 2.75) is 13.3 Å². The lowest BCUT2D eigenvalue weighted by atomic mass is 10.2. The van der Waals surface area contributed by atoms with Crippen LogP contribution in [0, 0.1) is 0 Å². The number of halogens is 2. The number of rotatable bonds is 5. The van der Waals surface area contributed by atoms with E-state index in [9.17, 15) is 4.79 Å². The van der Waals surface area contributed by atoms with Gasteiger partial charge in [-0.25, -0.2) is 0 Å². The van der Waals surface area contributed by atoms with Crippen molar-refractivity contribution in [1.82, 2.24) is 4.90 Å². The molecule has 0 bridgehead atoms. The molecular weight excluding hydrogens is 261 g/mol. The summed E-state index contributed by atoms with van der Waals surface area (Å²) in [5.74, 6) is -0.178. The lowest BCUT2D eigenvalue weighted by Crippen LogP contribution is -2.34. The maximum atomic E-state index is 12.1. The maximum Gasteiger partial charge on any atom is 0.255 e. The molecule has 1 amide bonds. The molecule has 0 radical (unpaired) electrons. The van der Waals surface area contributed by atoms with Crippen LogP contribution < -0.4 is 0 Å². The zero-order valence-corrected chi connectivity index (χ0v) is 11.1. The summed E-state index contributed by atoms with van der Waals surface area (Å²) in [5.41, 5.74) is 0.415. The SMILES string of the molecule is CCCN(CCO)C(=O)c1ccc(Cl)cc1Cl. The first-order valence-electron chi connectivity index (χ1n) is 5.45. The molecule has 1 aromatic rings. The predicted octanol–water partition coefficient (Wildman–Crippen LogP) is 2.84. The maximum absolute atomic E-state index is 12.1. The Morgan fingerprint density at radius 1 is 1.35 bits per heavy atom. The Balaban J connectivity index is 2.92. The van der Waals surface area contributed by atoms with Crippen molar-refractivity contribution in [2.24, 2.45) is 0 Å². The van der Waals surface area contributed by atoms with Crippen LogP contribution >= 0.6 is 23.2 Å². The van der Waals surface area contributed by atoms with Crippen LogP contribution in [0.1, 0.15) is 23.7 Å².